The summed E-state index contributed by atoms with van der Waals surface area (Å²) in [7, 11) is 0. The third kappa shape index (κ3) is 2.77. The Kier molecular flexibility index (Phi) is 5.02. The maximum Gasteiger partial charge on any atom is 0.344 e. The van der Waals surface area contributed by atoms with Crippen molar-refractivity contribution in [3.05, 3.63) is 47.8 Å². The normalized spacial score (nSPS) is 18.9. The monoisotopic (exact) mass is 335 g/mol. The maximum atomic E-state index is 13.2. The molecule has 6 nitrogen and oxygen atoms in total. The Balaban J connectivity index is 2.62. The Bertz CT molecular complexity index is 665. The van der Waals surface area contributed by atoms with Crippen LogP contribution in [0.25, 0.3) is 0 Å². The van der Waals surface area contributed by atoms with Gasteiger partial charge in [-0.25, -0.2) is 14.0 Å². The minimum Gasteiger partial charge on any atom is -0.464 e. The van der Waals surface area contributed by atoms with Crippen LogP contribution in [0.5, 0.6) is 0 Å². The second-order valence-electron chi connectivity index (χ2n) is 5.21. The Hall–Kier alpha value is -2.70. The van der Waals surface area contributed by atoms with Crippen LogP contribution >= 0.6 is 0 Å². The van der Waals surface area contributed by atoms with Crippen LogP contribution in [-0.4, -0.2) is 36.6 Å². The molecule has 0 aromatic heterocycles. The molecule has 0 spiro atoms. The maximum absolute atomic E-state index is 13.2. The van der Waals surface area contributed by atoms with Gasteiger partial charge in [0.2, 0.25) is 11.4 Å². The van der Waals surface area contributed by atoms with Crippen molar-refractivity contribution >= 4 is 17.8 Å². The largest absolute Gasteiger partial charge is 0.464 e. The van der Waals surface area contributed by atoms with Crippen LogP contribution in [-0.2, 0) is 23.9 Å². The first kappa shape index (κ1) is 17.7. The highest BCUT2D eigenvalue weighted by Crippen LogP contribution is 2.41. The fourth-order valence-corrected chi connectivity index (χ4v) is 2.74. The van der Waals surface area contributed by atoms with Gasteiger partial charge in [0, 0.05) is 5.57 Å². The van der Waals surface area contributed by atoms with Crippen molar-refractivity contribution in [1.82, 2.24) is 5.32 Å². The van der Waals surface area contributed by atoms with Crippen molar-refractivity contribution in [1.29, 1.82) is 0 Å². The fourth-order valence-electron chi connectivity index (χ4n) is 2.74. The van der Waals surface area contributed by atoms with Crippen molar-refractivity contribution in [3.63, 3.8) is 0 Å². The number of hydrogen-bond donors (Lipinski definition) is 1. The van der Waals surface area contributed by atoms with Crippen LogP contribution < -0.4 is 5.32 Å². The number of nitrogens with one attached hydrogen (secondary N) is 1. The highest BCUT2D eigenvalue weighted by Gasteiger charge is 2.62. The second-order valence-corrected chi connectivity index (χ2v) is 5.21. The first-order valence-electron chi connectivity index (χ1n) is 7.49. The first-order valence-corrected chi connectivity index (χ1v) is 7.49. The molecule has 7 heteroatoms. The minimum absolute atomic E-state index is 0.00251. The number of carbonyl (C=O) groups excluding carboxylic acids is 3. The zero-order valence-corrected chi connectivity index (χ0v) is 13.4. The van der Waals surface area contributed by atoms with E-state index in [1.165, 1.54) is 24.3 Å². The topological polar surface area (TPSA) is 81.7 Å². The van der Waals surface area contributed by atoms with Gasteiger partial charge in [0.05, 0.1) is 19.1 Å². The lowest BCUT2D eigenvalue weighted by molar-refractivity contribution is -0.166. The summed E-state index contributed by atoms with van der Waals surface area (Å²) in [4.78, 5) is 37.3. The number of carbonyl (C=O) groups is 3. The van der Waals surface area contributed by atoms with E-state index in [0.29, 0.717) is 5.56 Å². The number of hydrogen-bond acceptors (Lipinski definition) is 5. The third-order valence-electron chi connectivity index (χ3n) is 3.78. The van der Waals surface area contributed by atoms with E-state index in [9.17, 15) is 18.8 Å². The molecule has 0 aliphatic carbocycles. The molecule has 1 unspecified atom stereocenters. The molecule has 128 valence electrons. The zero-order valence-electron chi connectivity index (χ0n) is 13.4. The molecule has 0 saturated carbocycles. The molecule has 1 aliphatic heterocycles. The Morgan fingerprint density at radius 2 is 1.67 bits per heavy atom. The number of rotatable bonds is 5. The second kappa shape index (κ2) is 6.82. The van der Waals surface area contributed by atoms with Gasteiger partial charge in [0.25, 0.3) is 0 Å². The van der Waals surface area contributed by atoms with Gasteiger partial charge in [-0.05, 0) is 31.5 Å². The van der Waals surface area contributed by atoms with Crippen LogP contribution in [0.2, 0.25) is 0 Å². The van der Waals surface area contributed by atoms with Crippen molar-refractivity contribution < 1.29 is 28.2 Å². The van der Waals surface area contributed by atoms with Gasteiger partial charge in [-0.3, -0.25) is 4.79 Å². The highest BCUT2D eigenvalue weighted by molar-refractivity contribution is 6.16. The average molecular weight is 335 g/mol. The number of amides is 1. The number of ether oxygens (including phenoxy) is 2. The van der Waals surface area contributed by atoms with Gasteiger partial charge in [0.1, 0.15) is 5.82 Å². The van der Waals surface area contributed by atoms with Crippen LogP contribution in [0, 0.1) is 5.82 Å². The number of halogens is 1. The van der Waals surface area contributed by atoms with Crippen molar-refractivity contribution in [2.75, 3.05) is 13.2 Å². The van der Waals surface area contributed by atoms with Gasteiger partial charge < -0.3 is 14.8 Å². The lowest BCUT2D eigenvalue weighted by Gasteiger charge is -2.30. The SMILES string of the molecule is C=C1C(=O)NC(C(=O)OCC)(C(=O)OCC)C1c1ccc(F)cc1. The number of esters is 2. The molecule has 1 atom stereocenters. The molecule has 0 bridgehead atoms. The van der Waals surface area contributed by atoms with E-state index in [0.717, 1.165) is 0 Å². The van der Waals surface area contributed by atoms with E-state index < -0.39 is 35.1 Å². The average Bonchev–Trinajstić information content (AvgIpc) is 2.82. The van der Waals surface area contributed by atoms with E-state index in [-0.39, 0.29) is 18.8 Å². The lowest BCUT2D eigenvalue weighted by atomic mass is 9.78. The summed E-state index contributed by atoms with van der Waals surface area (Å²) >= 11 is 0. The molecular formula is C17H18FNO5. The zero-order chi connectivity index (χ0) is 17.9. The van der Waals surface area contributed by atoms with E-state index in [1.54, 1.807) is 13.8 Å². The standard InChI is InChI=1S/C17H18FNO5/c1-4-23-15(21)17(16(22)24-5-2)13(10(3)14(20)19-17)11-6-8-12(18)9-7-11/h6-9,13H,3-5H2,1-2H3,(H,19,20). The quantitative estimate of drug-likeness (QED) is 0.500. The Morgan fingerprint density at radius 1 is 1.17 bits per heavy atom. The molecular weight excluding hydrogens is 317 g/mol. The third-order valence-corrected chi connectivity index (χ3v) is 3.78. The predicted molar refractivity (Wildman–Crippen MR) is 82.4 cm³/mol. The fraction of sp³-hybridized carbons (Fsp3) is 0.353. The van der Waals surface area contributed by atoms with E-state index in [2.05, 4.69) is 11.9 Å². The highest BCUT2D eigenvalue weighted by atomic mass is 19.1. The number of benzene rings is 1. The van der Waals surface area contributed by atoms with Gasteiger partial charge in [-0.1, -0.05) is 18.7 Å². The van der Waals surface area contributed by atoms with E-state index in [1.807, 2.05) is 0 Å². The van der Waals surface area contributed by atoms with Crippen molar-refractivity contribution in [2.24, 2.45) is 0 Å². The van der Waals surface area contributed by atoms with Gasteiger partial charge in [-0.2, -0.15) is 0 Å². The molecule has 2 rings (SSSR count). The van der Waals surface area contributed by atoms with Crippen LogP contribution in [0.4, 0.5) is 4.39 Å². The summed E-state index contributed by atoms with van der Waals surface area (Å²) in [5.74, 6) is -4.08. The van der Waals surface area contributed by atoms with Gasteiger partial charge in [0.15, 0.2) is 0 Å². The molecule has 0 radical (unpaired) electrons. The van der Waals surface area contributed by atoms with Gasteiger partial charge in [-0.15, -0.1) is 0 Å². The Labute approximate surface area is 138 Å². The van der Waals surface area contributed by atoms with Crippen LogP contribution in [0.15, 0.2) is 36.4 Å². The summed E-state index contributed by atoms with van der Waals surface area (Å²) in [6, 6.07) is 5.12. The molecule has 24 heavy (non-hydrogen) atoms. The smallest absolute Gasteiger partial charge is 0.344 e. The molecule has 1 aromatic carbocycles. The molecule has 1 fully saturated rings. The predicted octanol–water partition coefficient (Wildman–Crippen LogP) is 1.46. The van der Waals surface area contributed by atoms with Crippen molar-refractivity contribution in [2.45, 2.75) is 25.3 Å². The van der Waals surface area contributed by atoms with Crippen LogP contribution in [0.1, 0.15) is 25.3 Å². The summed E-state index contributed by atoms with van der Waals surface area (Å²) in [5.41, 5.74) is -1.69. The summed E-state index contributed by atoms with van der Waals surface area (Å²) in [6.45, 7) is 6.86. The molecule has 1 aromatic rings. The summed E-state index contributed by atoms with van der Waals surface area (Å²) in [5, 5.41) is 2.37. The molecule has 1 heterocycles. The molecule has 1 saturated heterocycles. The molecule has 1 amide bonds. The van der Waals surface area contributed by atoms with Crippen LogP contribution in [0.3, 0.4) is 0 Å². The molecule has 1 aliphatic rings. The first-order chi connectivity index (χ1) is 11.4. The molecule has 1 N–H and O–H groups in total. The summed E-state index contributed by atoms with van der Waals surface area (Å²) < 4.78 is 23.2. The van der Waals surface area contributed by atoms with E-state index >= 15 is 0 Å². The summed E-state index contributed by atoms with van der Waals surface area (Å²) in [6.07, 6.45) is 0. The Morgan fingerprint density at radius 3 is 2.12 bits per heavy atom. The van der Waals surface area contributed by atoms with Gasteiger partial charge >= 0.3 is 11.9 Å². The minimum atomic E-state index is -2.07. The lowest BCUT2D eigenvalue weighted by Crippen LogP contribution is -2.59. The van der Waals surface area contributed by atoms with E-state index in [4.69, 9.17) is 9.47 Å². The van der Waals surface area contributed by atoms with Crippen molar-refractivity contribution in [3.8, 4) is 0 Å².